The molecule has 1 aliphatic heterocycles. The number of carbonyl (C=O) groups excluding carboxylic acids is 2. The Morgan fingerprint density at radius 2 is 1.97 bits per heavy atom. The standard InChI is InChI=1S/C22H23N4O4/c1-4-25-21(27)17-7-5-6-8-18(17)26(22(25)28)13-19-23-20(24-30-19)15-9-11-16(12-10-15)29-14(2)3/h5-12,14,17H,4,13H2,1-3H3/q+1. The molecule has 8 nitrogen and oxygen atoms in total. The number of rotatable bonds is 6. The number of amides is 3. The number of allylic oxidation sites excluding steroid dienone is 3. The van der Waals surface area contributed by atoms with Crippen LogP contribution in [-0.4, -0.2) is 49.9 Å². The van der Waals surface area contributed by atoms with Crippen LogP contribution in [0.5, 0.6) is 5.75 Å². The van der Waals surface area contributed by atoms with Gasteiger partial charge in [0.1, 0.15) is 17.4 Å². The quantitative estimate of drug-likeness (QED) is 0.684. The molecule has 0 saturated heterocycles. The van der Waals surface area contributed by atoms with E-state index in [-0.39, 0.29) is 24.6 Å². The van der Waals surface area contributed by atoms with Crippen molar-refractivity contribution in [2.24, 2.45) is 5.92 Å². The number of urea groups is 1. The Morgan fingerprint density at radius 1 is 1.20 bits per heavy atom. The monoisotopic (exact) mass is 407 g/mol. The number of imide groups is 1. The highest BCUT2D eigenvalue weighted by atomic mass is 16.5. The van der Waals surface area contributed by atoms with Gasteiger partial charge in [0, 0.05) is 5.56 Å². The molecule has 1 aliphatic carbocycles. The topological polar surface area (TPSA) is 88.5 Å². The maximum atomic E-state index is 12.9. The maximum Gasteiger partial charge on any atom is 0.501 e. The molecule has 2 aliphatic rings. The van der Waals surface area contributed by atoms with E-state index in [9.17, 15) is 9.59 Å². The van der Waals surface area contributed by atoms with Gasteiger partial charge in [-0.05, 0) is 51.1 Å². The van der Waals surface area contributed by atoms with Crippen molar-refractivity contribution in [1.82, 2.24) is 15.0 Å². The first-order valence-corrected chi connectivity index (χ1v) is 9.92. The largest absolute Gasteiger partial charge is 0.501 e. The molecule has 0 radical (unpaired) electrons. The Hall–Kier alpha value is -3.55. The van der Waals surface area contributed by atoms with Crippen LogP contribution in [-0.2, 0) is 11.3 Å². The predicted molar refractivity (Wildman–Crippen MR) is 109 cm³/mol. The molecule has 154 valence electrons. The molecular weight excluding hydrogens is 384 g/mol. The van der Waals surface area contributed by atoms with Gasteiger partial charge in [0.2, 0.25) is 5.82 Å². The molecular formula is C22H23N4O4+. The van der Waals surface area contributed by atoms with Crippen LogP contribution in [0.15, 0.2) is 53.1 Å². The molecule has 1 aromatic heterocycles. The molecule has 0 bridgehead atoms. The third-order valence-corrected chi connectivity index (χ3v) is 4.87. The highest BCUT2D eigenvalue weighted by molar-refractivity contribution is 6.16. The van der Waals surface area contributed by atoms with Gasteiger partial charge in [-0.1, -0.05) is 23.4 Å². The van der Waals surface area contributed by atoms with Crippen molar-refractivity contribution in [3.63, 3.8) is 0 Å². The van der Waals surface area contributed by atoms with Crippen LogP contribution in [0.25, 0.3) is 11.4 Å². The van der Waals surface area contributed by atoms with Crippen molar-refractivity contribution >= 4 is 17.6 Å². The number of hydrogen-bond donors (Lipinski definition) is 0. The van der Waals surface area contributed by atoms with E-state index in [1.54, 1.807) is 25.2 Å². The van der Waals surface area contributed by atoms with E-state index in [4.69, 9.17) is 9.26 Å². The van der Waals surface area contributed by atoms with Crippen LogP contribution >= 0.6 is 0 Å². The van der Waals surface area contributed by atoms with Gasteiger partial charge in [0.25, 0.3) is 5.89 Å². The number of carbonyl (C=O) groups is 2. The Bertz CT molecular complexity index is 1060. The summed E-state index contributed by atoms with van der Waals surface area (Å²) in [5.41, 5.74) is 1.40. The molecule has 2 heterocycles. The van der Waals surface area contributed by atoms with Crippen LogP contribution in [0.3, 0.4) is 0 Å². The summed E-state index contributed by atoms with van der Waals surface area (Å²) in [6.45, 7) is 6.10. The minimum atomic E-state index is -0.483. The molecule has 0 saturated carbocycles. The predicted octanol–water partition coefficient (Wildman–Crippen LogP) is 3.20. The van der Waals surface area contributed by atoms with Crippen molar-refractivity contribution in [2.75, 3.05) is 6.54 Å². The van der Waals surface area contributed by atoms with Crippen LogP contribution in [0, 0.1) is 5.92 Å². The number of fused-ring (bicyclic) bond motifs is 1. The summed E-state index contributed by atoms with van der Waals surface area (Å²) in [5.74, 6) is 0.781. The second kappa shape index (κ2) is 8.06. The highest BCUT2D eigenvalue weighted by Crippen LogP contribution is 2.23. The fourth-order valence-corrected chi connectivity index (χ4v) is 3.49. The third kappa shape index (κ3) is 3.68. The van der Waals surface area contributed by atoms with Gasteiger partial charge in [-0.25, -0.2) is 4.79 Å². The molecule has 0 spiro atoms. The summed E-state index contributed by atoms with van der Waals surface area (Å²) < 4.78 is 12.6. The fourth-order valence-electron chi connectivity index (χ4n) is 3.49. The van der Waals surface area contributed by atoms with Gasteiger partial charge < -0.3 is 9.26 Å². The number of aromatic nitrogens is 2. The van der Waals surface area contributed by atoms with Gasteiger partial charge in [-0.2, -0.15) is 19.3 Å². The van der Waals surface area contributed by atoms with Crippen molar-refractivity contribution in [3.8, 4) is 17.1 Å². The van der Waals surface area contributed by atoms with E-state index in [0.717, 1.165) is 11.3 Å². The molecule has 1 atom stereocenters. The average molecular weight is 407 g/mol. The minimum absolute atomic E-state index is 0.0914. The zero-order valence-electron chi connectivity index (χ0n) is 17.1. The second-order valence-electron chi connectivity index (χ2n) is 7.30. The lowest BCUT2D eigenvalue weighted by molar-refractivity contribution is -0.460. The summed E-state index contributed by atoms with van der Waals surface area (Å²) >= 11 is 0. The molecule has 2 aromatic rings. The van der Waals surface area contributed by atoms with Crippen LogP contribution in [0.1, 0.15) is 26.7 Å². The maximum absolute atomic E-state index is 12.9. The van der Waals surface area contributed by atoms with Crippen LogP contribution < -0.4 is 4.74 Å². The van der Waals surface area contributed by atoms with E-state index in [1.807, 2.05) is 44.2 Å². The number of benzene rings is 1. The molecule has 1 aromatic carbocycles. The lowest BCUT2D eigenvalue weighted by Gasteiger charge is -2.25. The Morgan fingerprint density at radius 3 is 2.67 bits per heavy atom. The normalized spacial score (nSPS) is 18.4. The first kappa shape index (κ1) is 19.8. The van der Waals surface area contributed by atoms with Gasteiger partial charge in [0.05, 0.1) is 12.6 Å². The van der Waals surface area contributed by atoms with Crippen molar-refractivity contribution in [3.05, 3.63) is 54.5 Å². The number of nitrogens with zero attached hydrogens (tertiary/aromatic N) is 4. The Kier molecular flexibility index (Phi) is 5.31. The molecule has 8 heteroatoms. The lowest BCUT2D eigenvalue weighted by Crippen LogP contribution is -2.53. The van der Waals surface area contributed by atoms with Gasteiger partial charge in [-0.15, -0.1) is 0 Å². The molecule has 30 heavy (non-hydrogen) atoms. The third-order valence-electron chi connectivity index (χ3n) is 4.87. The van der Waals surface area contributed by atoms with E-state index in [0.29, 0.717) is 24.0 Å². The summed E-state index contributed by atoms with van der Waals surface area (Å²) in [6.07, 6.45) is 7.28. The zero-order chi connectivity index (χ0) is 21.3. The van der Waals surface area contributed by atoms with Gasteiger partial charge in [-0.3, -0.25) is 0 Å². The average Bonchev–Trinajstić information content (AvgIpc) is 3.20. The fraction of sp³-hybridized carbons (Fsp3) is 0.318. The number of hydrogen-bond acceptors (Lipinski definition) is 6. The van der Waals surface area contributed by atoms with Crippen LogP contribution in [0.4, 0.5) is 4.79 Å². The first-order valence-electron chi connectivity index (χ1n) is 9.92. The smallest absolute Gasteiger partial charge is 0.491 e. The van der Waals surface area contributed by atoms with Crippen LogP contribution in [0.2, 0.25) is 0 Å². The summed E-state index contributed by atoms with van der Waals surface area (Å²) in [7, 11) is 0. The van der Waals surface area contributed by atoms with Crippen molar-refractivity contribution < 1.29 is 23.4 Å². The lowest BCUT2D eigenvalue weighted by atomic mass is 9.94. The Labute approximate surface area is 174 Å². The molecule has 3 amide bonds. The summed E-state index contributed by atoms with van der Waals surface area (Å²) in [5, 5.41) is 4.04. The van der Waals surface area contributed by atoms with Gasteiger partial charge >= 0.3 is 11.9 Å². The Balaban J connectivity index is 1.59. The SMILES string of the molecule is CCN1C(=O)C2C=CC=CC2=[N+](Cc2nc(-c3ccc(OC(C)C)cc3)no2)C1=O. The minimum Gasteiger partial charge on any atom is -0.491 e. The van der Waals surface area contributed by atoms with Crippen molar-refractivity contribution in [1.29, 1.82) is 0 Å². The second-order valence-corrected chi connectivity index (χ2v) is 7.30. The molecule has 0 N–H and O–H groups in total. The summed E-state index contributed by atoms with van der Waals surface area (Å²) in [6, 6.07) is 7.03. The molecule has 0 fully saturated rings. The highest BCUT2D eigenvalue weighted by Gasteiger charge is 2.46. The number of ether oxygens (including phenoxy) is 1. The van der Waals surface area contributed by atoms with E-state index < -0.39 is 5.92 Å². The molecule has 1 unspecified atom stereocenters. The first-order chi connectivity index (χ1) is 14.5. The summed E-state index contributed by atoms with van der Waals surface area (Å²) in [4.78, 5) is 31.1. The van der Waals surface area contributed by atoms with E-state index in [1.165, 1.54) is 9.48 Å². The van der Waals surface area contributed by atoms with Crippen molar-refractivity contribution in [2.45, 2.75) is 33.4 Å². The van der Waals surface area contributed by atoms with Gasteiger partial charge in [0.15, 0.2) is 6.54 Å². The molecule has 4 rings (SSSR count). The van der Waals surface area contributed by atoms with E-state index in [2.05, 4.69) is 10.1 Å². The zero-order valence-corrected chi connectivity index (χ0v) is 17.1. The van der Waals surface area contributed by atoms with E-state index >= 15 is 0 Å².